The van der Waals surface area contributed by atoms with Crippen molar-refractivity contribution in [3.05, 3.63) is 169 Å². The first-order valence-corrected chi connectivity index (χ1v) is 15.9. The van der Waals surface area contributed by atoms with Gasteiger partial charge in [0, 0.05) is 38.4 Å². The number of fused-ring (bicyclic) bond motifs is 6. The highest BCUT2D eigenvalue weighted by Crippen LogP contribution is 2.42. The Bertz CT molecular complexity index is 2750. The molecule has 7 aromatic carbocycles. The lowest BCUT2D eigenvalue weighted by Crippen LogP contribution is -2.02. The smallest absolute Gasteiger partial charge is 0.0992 e. The van der Waals surface area contributed by atoms with Crippen molar-refractivity contribution in [3.8, 4) is 45.8 Å². The second-order valence-corrected chi connectivity index (χ2v) is 12.0. The number of para-hydroxylation sites is 4. The van der Waals surface area contributed by atoms with Gasteiger partial charge in [-0.15, -0.1) is 0 Å². The summed E-state index contributed by atoms with van der Waals surface area (Å²) < 4.78 is 4.59. The second kappa shape index (κ2) is 10.9. The predicted molar refractivity (Wildman–Crippen MR) is 195 cm³/mol. The van der Waals surface area contributed by atoms with E-state index >= 15 is 0 Å². The number of benzene rings is 7. The summed E-state index contributed by atoms with van der Waals surface area (Å²) in [6, 6.07) is 59.0. The molecule has 2 aromatic heterocycles. The summed E-state index contributed by atoms with van der Waals surface area (Å²) in [5, 5.41) is 24.6. The van der Waals surface area contributed by atoms with E-state index < -0.39 is 0 Å². The van der Waals surface area contributed by atoms with Gasteiger partial charge in [-0.1, -0.05) is 103 Å². The average Bonchev–Trinajstić information content (AvgIpc) is 3.67. The van der Waals surface area contributed by atoms with Gasteiger partial charge in [-0.05, 0) is 65.7 Å². The van der Waals surface area contributed by atoms with Crippen molar-refractivity contribution >= 4 is 43.6 Å². The monoisotopic (exact) mass is 610 g/mol. The molecule has 0 atom stereocenters. The third kappa shape index (κ3) is 4.14. The van der Waals surface area contributed by atoms with Gasteiger partial charge in [0.25, 0.3) is 0 Å². The SMILES string of the molecule is N#Cc1cc(-c2cccc(-c3ccccc3)c2-n2c3ccccc3c3cc(C#N)ccc32)cc(-n2c3ccccc3c3ccccc32)c1. The molecule has 0 fully saturated rings. The zero-order chi connectivity index (χ0) is 32.2. The van der Waals surface area contributed by atoms with Gasteiger partial charge in [0.2, 0.25) is 0 Å². The van der Waals surface area contributed by atoms with Crippen LogP contribution in [-0.2, 0) is 0 Å². The van der Waals surface area contributed by atoms with Crippen LogP contribution in [0.3, 0.4) is 0 Å². The molecule has 0 saturated carbocycles. The van der Waals surface area contributed by atoms with Gasteiger partial charge in [0.05, 0.1) is 51.0 Å². The van der Waals surface area contributed by atoms with Crippen molar-refractivity contribution in [1.29, 1.82) is 10.5 Å². The Morgan fingerprint density at radius 2 is 0.917 bits per heavy atom. The van der Waals surface area contributed by atoms with Gasteiger partial charge in [0.1, 0.15) is 0 Å². The number of hydrogen-bond acceptors (Lipinski definition) is 2. The second-order valence-electron chi connectivity index (χ2n) is 12.0. The zero-order valence-electron chi connectivity index (χ0n) is 25.8. The lowest BCUT2D eigenvalue weighted by atomic mass is 9.94. The van der Waals surface area contributed by atoms with Crippen LogP contribution in [0.25, 0.3) is 77.2 Å². The van der Waals surface area contributed by atoms with Gasteiger partial charge in [0.15, 0.2) is 0 Å². The Morgan fingerprint density at radius 1 is 0.375 bits per heavy atom. The molecule has 0 radical (unpaired) electrons. The number of nitrogens with zero attached hydrogens (tertiary/aromatic N) is 4. The van der Waals surface area contributed by atoms with Crippen LogP contribution in [0, 0.1) is 22.7 Å². The van der Waals surface area contributed by atoms with Gasteiger partial charge in [-0.3, -0.25) is 0 Å². The first-order chi connectivity index (χ1) is 23.7. The van der Waals surface area contributed by atoms with Crippen LogP contribution < -0.4 is 0 Å². The van der Waals surface area contributed by atoms with Crippen molar-refractivity contribution < 1.29 is 0 Å². The third-order valence-corrected chi connectivity index (χ3v) is 9.34. The summed E-state index contributed by atoms with van der Waals surface area (Å²) in [6.07, 6.45) is 0. The van der Waals surface area contributed by atoms with E-state index in [0.29, 0.717) is 11.1 Å². The van der Waals surface area contributed by atoms with Crippen LogP contribution in [0.15, 0.2) is 158 Å². The van der Waals surface area contributed by atoms with Crippen molar-refractivity contribution in [3.63, 3.8) is 0 Å². The zero-order valence-corrected chi connectivity index (χ0v) is 25.8. The standard InChI is InChI=1S/C44H26N4/c45-27-29-21-22-43-39(25-29)38-15-6-9-20-42(38)48(43)44-34(31-11-2-1-3-12-31)16-10-17-35(44)32-23-30(28-46)24-33(26-32)47-40-18-7-4-13-36(40)37-14-5-8-19-41(37)47/h1-26H. The number of rotatable bonds is 4. The molecule has 222 valence electrons. The summed E-state index contributed by atoms with van der Waals surface area (Å²) in [4.78, 5) is 0. The minimum absolute atomic E-state index is 0.585. The van der Waals surface area contributed by atoms with E-state index in [1.165, 1.54) is 10.8 Å². The lowest BCUT2D eigenvalue weighted by molar-refractivity contribution is 1.17. The molecule has 48 heavy (non-hydrogen) atoms. The number of nitriles is 2. The normalized spacial score (nSPS) is 11.3. The Balaban J connectivity index is 1.40. The summed E-state index contributed by atoms with van der Waals surface area (Å²) in [5.74, 6) is 0. The molecule has 0 unspecified atom stereocenters. The van der Waals surface area contributed by atoms with Crippen LogP contribution in [0.1, 0.15) is 11.1 Å². The highest BCUT2D eigenvalue weighted by atomic mass is 15.0. The maximum absolute atomic E-state index is 10.4. The first-order valence-electron chi connectivity index (χ1n) is 15.9. The summed E-state index contributed by atoms with van der Waals surface area (Å²) in [5.41, 5.74) is 11.5. The van der Waals surface area contributed by atoms with E-state index in [-0.39, 0.29) is 0 Å². The molecule has 0 saturated heterocycles. The molecule has 0 N–H and O–H groups in total. The van der Waals surface area contributed by atoms with E-state index in [0.717, 1.165) is 66.5 Å². The third-order valence-electron chi connectivity index (χ3n) is 9.34. The molecule has 0 aliphatic heterocycles. The van der Waals surface area contributed by atoms with Gasteiger partial charge >= 0.3 is 0 Å². The lowest BCUT2D eigenvalue weighted by Gasteiger charge is -2.20. The molecular formula is C44H26N4. The van der Waals surface area contributed by atoms with E-state index in [9.17, 15) is 10.5 Å². The minimum Gasteiger partial charge on any atom is -0.309 e. The molecule has 4 heteroatoms. The molecule has 0 aliphatic carbocycles. The quantitative estimate of drug-likeness (QED) is 0.199. The highest BCUT2D eigenvalue weighted by molar-refractivity contribution is 6.11. The first kappa shape index (κ1) is 27.4. The topological polar surface area (TPSA) is 57.4 Å². The van der Waals surface area contributed by atoms with E-state index in [4.69, 9.17) is 0 Å². The molecule has 9 aromatic rings. The van der Waals surface area contributed by atoms with E-state index in [1.54, 1.807) is 0 Å². The van der Waals surface area contributed by atoms with Gasteiger partial charge < -0.3 is 9.13 Å². The maximum Gasteiger partial charge on any atom is 0.0992 e. The van der Waals surface area contributed by atoms with Crippen molar-refractivity contribution in [2.24, 2.45) is 0 Å². The van der Waals surface area contributed by atoms with E-state index in [1.807, 2.05) is 36.4 Å². The molecule has 9 rings (SSSR count). The fourth-order valence-corrected chi connectivity index (χ4v) is 7.31. The number of hydrogen-bond donors (Lipinski definition) is 0. The molecule has 0 spiro atoms. The largest absolute Gasteiger partial charge is 0.309 e. The Hall–Kier alpha value is -6.88. The predicted octanol–water partition coefficient (Wildman–Crippen LogP) is 11.0. The van der Waals surface area contributed by atoms with Crippen molar-refractivity contribution in [1.82, 2.24) is 9.13 Å². The molecule has 0 bridgehead atoms. The van der Waals surface area contributed by atoms with Gasteiger partial charge in [-0.25, -0.2) is 0 Å². The van der Waals surface area contributed by atoms with Crippen LogP contribution in [0.4, 0.5) is 0 Å². The van der Waals surface area contributed by atoms with Crippen LogP contribution in [0.2, 0.25) is 0 Å². The maximum atomic E-state index is 10.4. The molecule has 4 nitrogen and oxygen atoms in total. The Kier molecular flexibility index (Phi) is 6.22. The highest BCUT2D eigenvalue weighted by Gasteiger charge is 2.21. The summed E-state index contributed by atoms with van der Waals surface area (Å²) >= 11 is 0. The molecule has 0 amide bonds. The summed E-state index contributed by atoms with van der Waals surface area (Å²) in [6.45, 7) is 0. The molecule has 0 aliphatic rings. The van der Waals surface area contributed by atoms with Crippen LogP contribution in [-0.4, -0.2) is 9.13 Å². The minimum atomic E-state index is 0.585. The number of aromatic nitrogens is 2. The molecule has 2 heterocycles. The van der Waals surface area contributed by atoms with Crippen molar-refractivity contribution in [2.75, 3.05) is 0 Å². The van der Waals surface area contributed by atoms with Crippen molar-refractivity contribution in [2.45, 2.75) is 0 Å². The Labute approximate surface area is 277 Å². The summed E-state index contributed by atoms with van der Waals surface area (Å²) in [7, 11) is 0. The van der Waals surface area contributed by atoms with E-state index in [2.05, 4.69) is 143 Å². The average molecular weight is 611 g/mol. The Morgan fingerprint density at radius 3 is 1.56 bits per heavy atom. The molecular weight excluding hydrogens is 585 g/mol. The fraction of sp³-hybridized carbons (Fsp3) is 0. The van der Waals surface area contributed by atoms with Crippen LogP contribution in [0.5, 0.6) is 0 Å². The van der Waals surface area contributed by atoms with Crippen LogP contribution >= 0.6 is 0 Å². The van der Waals surface area contributed by atoms with Gasteiger partial charge in [-0.2, -0.15) is 10.5 Å². The fourth-order valence-electron chi connectivity index (χ4n) is 7.31.